The van der Waals surface area contributed by atoms with Gasteiger partial charge < -0.3 is 10.1 Å². The lowest BCUT2D eigenvalue weighted by Gasteiger charge is -2.21. The summed E-state index contributed by atoms with van der Waals surface area (Å²) in [7, 11) is 0. The SMILES string of the molecule is CC(C)OCC(=O)NCCC1CCCCC1. The molecule has 1 saturated carbocycles. The molecule has 0 spiro atoms. The van der Waals surface area contributed by atoms with Gasteiger partial charge in [0.1, 0.15) is 6.61 Å². The number of amides is 1. The molecule has 3 nitrogen and oxygen atoms in total. The average molecular weight is 227 g/mol. The van der Waals surface area contributed by atoms with E-state index in [9.17, 15) is 4.79 Å². The Morgan fingerprint density at radius 3 is 2.62 bits per heavy atom. The smallest absolute Gasteiger partial charge is 0.246 e. The van der Waals surface area contributed by atoms with E-state index in [1.54, 1.807) is 0 Å². The van der Waals surface area contributed by atoms with E-state index in [0.717, 1.165) is 18.9 Å². The third kappa shape index (κ3) is 6.11. The first-order valence-corrected chi connectivity index (χ1v) is 6.57. The monoisotopic (exact) mass is 227 g/mol. The quantitative estimate of drug-likeness (QED) is 0.757. The molecule has 0 bridgehead atoms. The number of carbonyl (C=O) groups is 1. The number of ether oxygens (including phenoxy) is 1. The van der Waals surface area contributed by atoms with Gasteiger partial charge in [-0.3, -0.25) is 4.79 Å². The van der Waals surface area contributed by atoms with Crippen LogP contribution in [0, 0.1) is 5.92 Å². The first-order chi connectivity index (χ1) is 7.68. The summed E-state index contributed by atoms with van der Waals surface area (Å²) in [6, 6.07) is 0. The first-order valence-electron chi connectivity index (χ1n) is 6.57. The molecular formula is C13H25NO2. The maximum atomic E-state index is 11.4. The second-order valence-electron chi connectivity index (χ2n) is 5.00. The molecule has 3 heteroatoms. The maximum Gasteiger partial charge on any atom is 0.246 e. The Morgan fingerprint density at radius 2 is 2.00 bits per heavy atom. The van der Waals surface area contributed by atoms with Crippen molar-refractivity contribution in [2.75, 3.05) is 13.2 Å². The van der Waals surface area contributed by atoms with Crippen molar-refractivity contribution in [2.24, 2.45) is 5.92 Å². The summed E-state index contributed by atoms with van der Waals surface area (Å²) in [5, 5.41) is 2.92. The molecule has 1 N–H and O–H groups in total. The molecule has 0 radical (unpaired) electrons. The van der Waals surface area contributed by atoms with Crippen LogP contribution in [-0.2, 0) is 9.53 Å². The van der Waals surface area contributed by atoms with Gasteiger partial charge in [0.05, 0.1) is 6.10 Å². The largest absolute Gasteiger partial charge is 0.369 e. The Bertz CT molecular complexity index is 198. The van der Waals surface area contributed by atoms with Gasteiger partial charge in [-0.25, -0.2) is 0 Å². The molecule has 1 amide bonds. The van der Waals surface area contributed by atoms with E-state index in [-0.39, 0.29) is 18.6 Å². The van der Waals surface area contributed by atoms with Crippen molar-refractivity contribution in [1.29, 1.82) is 0 Å². The van der Waals surface area contributed by atoms with E-state index in [0.29, 0.717) is 0 Å². The highest BCUT2D eigenvalue weighted by atomic mass is 16.5. The third-order valence-corrected chi connectivity index (χ3v) is 3.15. The van der Waals surface area contributed by atoms with E-state index < -0.39 is 0 Å². The lowest BCUT2D eigenvalue weighted by Crippen LogP contribution is -2.30. The van der Waals surface area contributed by atoms with Gasteiger partial charge in [0.25, 0.3) is 0 Å². The molecule has 0 aromatic carbocycles. The van der Waals surface area contributed by atoms with Crippen molar-refractivity contribution in [3.8, 4) is 0 Å². The van der Waals surface area contributed by atoms with Gasteiger partial charge in [-0.15, -0.1) is 0 Å². The van der Waals surface area contributed by atoms with Crippen LogP contribution in [0.25, 0.3) is 0 Å². The molecule has 94 valence electrons. The Morgan fingerprint density at radius 1 is 1.31 bits per heavy atom. The van der Waals surface area contributed by atoms with Gasteiger partial charge in [-0.2, -0.15) is 0 Å². The van der Waals surface area contributed by atoms with E-state index in [4.69, 9.17) is 4.74 Å². The van der Waals surface area contributed by atoms with Crippen LogP contribution in [0.15, 0.2) is 0 Å². The zero-order chi connectivity index (χ0) is 11.8. The minimum Gasteiger partial charge on any atom is -0.369 e. The molecule has 0 atom stereocenters. The maximum absolute atomic E-state index is 11.4. The fourth-order valence-corrected chi connectivity index (χ4v) is 2.18. The summed E-state index contributed by atoms with van der Waals surface area (Å²) in [5.74, 6) is 0.851. The van der Waals surface area contributed by atoms with Crippen LogP contribution < -0.4 is 5.32 Å². The van der Waals surface area contributed by atoms with Crippen LogP contribution in [0.1, 0.15) is 52.4 Å². The Kier molecular flexibility index (Phi) is 6.46. The van der Waals surface area contributed by atoms with Crippen LogP contribution in [0.2, 0.25) is 0 Å². The standard InChI is InChI=1S/C13H25NO2/c1-11(2)16-10-13(15)14-9-8-12-6-4-3-5-7-12/h11-12H,3-10H2,1-2H3,(H,14,15). The van der Waals surface area contributed by atoms with E-state index in [2.05, 4.69) is 5.32 Å². The van der Waals surface area contributed by atoms with Gasteiger partial charge in [0.2, 0.25) is 5.91 Å². The summed E-state index contributed by atoms with van der Waals surface area (Å²) in [4.78, 5) is 11.4. The average Bonchev–Trinajstić information content (AvgIpc) is 2.28. The number of hydrogen-bond acceptors (Lipinski definition) is 2. The van der Waals surface area contributed by atoms with Gasteiger partial charge in [0.15, 0.2) is 0 Å². The minimum atomic E-state index is 0.0181. The van der Waals surface area contributed by atoms with Gasteiger partial charge >= 0.3 is 0 Å². The van der Waals surface area contributed by atoms with Gasteiger partial charge in [0, 0.05) is 6.54 Å². The third-order valence-electron chi connectivity index (χ3n) is 3.15. The van der Waals surface area contributed by atoms with Crippen LogP contribution in [-0.4, -0.2) is 25.2 Å². The number of nitrogens with one attached hydrogen (secondary N) is 1. The highest BCUT2D eigenvalue weighted by molar-refractivity contribution is 5.77. The Balaban J connectivity index is 1.99. The lowest BCUT2D eigenvalue weighted by molar-refractivity contribution is -0.127. The fraction of sp³-hybridized carbons (Fsp3) is 0.923. The van der Waals surface area contributed by atoms with Crippen LogP contribution in [0.5, 0.6) is 0 Å². The minimum absolute atomic E-state index is 0.0181. The second-order valence-corrected chi connectivity index (χ2v) is 5.00. The molecule has 0 aromatic rings. The van der Waals surface area contributed by atoms with Crippen LogP contribution in [0.4, 0.5) is 0 Å². The van der Waals surface area contributed by atoms with Crippen LogP contribution >= 0.6 is 0 Å². The van der Waals surface area contributed by atoms with E-state index in [1.165, 1.54) is 32.1 Å². The number of rotatable bonds is 6. The molecule has 16 heavy (non-hydrogen) atoms. The summed E-state index contributed by atoms with van der Waals surface area (Å²) in [6.45, 7) is 4.89. The van der Waals surface area contributed by atoms with E-state index in [1.807, 2.05) is 13.8 Å². The lowest BCUT2D eigenvalue weighted by atomic mass is 9.87. The predicted molar refractivity (Wildman–Crippen MR) is 65.3 cm³/mol. The molecule has 0 heterocycles. The molecule has 1 fully saturated rings. The van der Waals surface area contributed by atoms with Crippen molar-refractivity contribution >= 4 is 5.91 Å². The van der Waals surface area contributed by atoms with Crippen molar-refractivity contribution in [1.82, 2.24) is 5.32 Å². The summed E-state index contributed by atoms with van der Waals surface area (Å²) in [6.07, 6.45) is 8.09. The number of carbonyl (C=O) groups excluding carboxylic acids is 1. The second kappa shape index (κ2) is 7.66. The van der Waals surface area contributed by atoms with Gasteiger partial charge in [-0.1, -0.05) is 32.1 Å². The van der Waals surface area contributed by atoms with Crippen molar-refractivity contribution in [3.63, 3.8) is 0 Å². The first kappa shape index (κ1) is 13.5. The fourth-order valence-electron chi connectivity index (χ4n) is 2.18. The van der Waals surface area contributed by atoms with Crippen LogP contribution in [0.3, 0.4) is 0 Å². The molecule has 1 rings (SSSR count). The topological polar surface area (TPSA) is 38.3 Å². The highest BCUT2D eigenvalue weighted by Crippen LogP contribution is 2.25. The summed E-state index contributed by atoms with van der Waals surface area (Å²) in [5.41, 5.74) is 0. The van der Waals surface area contributed by atoms with Crippen molar-refractivity contribution in [3.05, 3.63) is 0 Å². The molecule has 0 aliphatic heterocycles. The van der Waals surface area contributed by atoms with Gasteiger partial charge in [-0.05, 0) is 26.2 Å². The molecular weight excluding hydrogens is 202 g/mol. The molecule has 0 saturated heterocycles. The number of hydrogen-bond donors (Lipinski definition) is 1. The highest BCUT2D eigenvalue weighted by Gasteiger charge is 2.13. The molecule has 1 aliphatic carbocycles. The molecule has 1 aliphatic rings. The molecule has 0 unspecified atom stereocenters. The summed E-state index contributed by atoms with van der Waals surface area (Å²) < 4.78 is 5.23. The Labute approximate surface area is 98.9 Å². The van der Waals surface area contributed by atoms with E-state index >= 15 is 0 Å². The normalized spacial score (nSPS) is 17.7. The van der Waals surface area contributed by atoms with Crippen molar-refractivity contribution in [2.45, 2.75) is 58.5 Å². The zero-order valence-electron chi connectivity index (χ0n) is 10.6. The van der Waals surface area contributed by atoms with Crippen molar-refractivity contribution < 1.29 is 9.53 Å². The Hall–Kier alpha value is -0.570. The predicted octanol–water partition coefficient (Wildman–Crippen LogP) is 2.50. The summed E-state index contributed by atoms with van der Waals surface area (Å²) >= 11 is 0. The molecule has 0 aromatic heterocycles. The zero-order valence-corrected chi connectivity index (χ0v) is 10.6.